The maximum atomic E-state index is 12.1. The van der Waals surface area contributed by atoms with Gasteiger partial charge in [-0.15, -0.1) is 0 Å². The van der Waals surface area contributed by atoms with Crippen LogP contribution >= 0.6 is 0 Å². The maximum Gasteiger partial charge on any atom is 0.390 e. The van der Waals surface area contributed by atoms with Gasteiger partial charge in [-0.25, -0.2) is 0 Å². The van der Waals surface area contributed by atoms with Crippen molar-refractivity contribution in [3.05, 3.63) is 35.9 Å². The van der Waals surface area contributed by atoms with Gasteiger partial charge in [0.15, 0.2) is 5.96 Å². The van der Waals surface area contributed by atoms with E-state index in [1.807, 2.05) is 25.1 Å². The summed E-state index contributed by atoms with van der Waals surface area (Å²) in [7, 11) is 1.55. The lowest BCUT2D eigenvalue weighted by atomic mass is 10.1. The van der Waals surface area contributed by atoms with Crippen LogP contribution in [0.2, 0.25) is 0 Å². The number of halogens is 3. The highest BCUT2D eigenvalue weighted by molar-refractivity contribution is 5.79. The molecular weight excluding hydrogens is 279 g/mol. The fourth-order valence-corrected chi connectivity index (χ4v) is 1.85. The van der Waals surface area contributed by atoms with E-state index in [2.05, 4.69) is 27.8 Å². The molecular formula is C15H22F3N3. The van der Waals surface area contributed by atoms with Crippen molar-refractivity contribution < 1.29 is 13.2 Å². The summed E-state index contributed by atoms with van der Waals surface area (Å²) in [6, 6.07) is 10.2. The molecule has 0 radical (unpaired) electrons. The van der Waals surface area contributed by atoms with Gasteiger partial charge in [0.05, 0.1) is 6.42 Å². The average Bonchev–Trinajstić information content (AvgIpc) is 2.44. The van der Waals surface area contributed by atoms with Gasteiger partial charge >= 0.3 is 6.18 Å². The molecule has 0 aliphatic carbocycles. The topological polar surface area (TPSA) is 36.4 Å². The molecule has 3 nitrogen and oxygen atoms in total. The third-order valence-electron chi connectivity index (χ3n) is 3.02. The van der Waals surface area contributed by atoms with Crippen molar-refractivity contribution in [2.45, 2.75) is 38.4 Å². The third kappa shape index (κ3) is 8.22. The normalized spacial score (nSPS) is 13.9. The fraction of sp³-hybridized carbons (Fsp3) is 0.533. The van der Waals surface area contributed by atoms with Crippen molar-refractivity contribution in [2.24, 2.45) is 4.99 Å². The third-order valence-corrected chi connectivity index (χ3v) is 3.02. The maximum absolute atomic E-state index is 12.1. The quantitative estimate of drug-likeness (QED) is 0.625. The predicted octanol–water partition coefficient (Wildman–Crippen LogP) is 3.13. The van der Waals surface area contributed by atoms with Gasteiger partial charge in [0, 0.05) is 19.6 Å². The minimum atomic E-state index is -4.15. The average molecular weight is 301 g/mol. The van der Waals surface area contributed by atoms with E-state index >= 15 is 0 Å². The molecule has 0 fully saturated rings. The number of alkyl halides is 3. The Morgan fingerprint density at radius 2 is 1.90 bits per heavy atom. The van der Waals surface area contributed by atoms with Crippen LogP contribution in [-0.4, -0.2) is 31.8 Å². The van der Waals surface area contributed by atoms with Gasteiger partial charge in [-0.2, -0.15) is 13.2 Å². The van der Waals surface area contributed by atoms with E-state index in [4.69, 9.17) is 0 Å². The molecule has 0 aromatic heterocycles. The van der Waals surface area contributed by atoms with Gasteiger partial charge < -0.3 is 10.6 Å². The van der Waals surface area contributed by atoms with Gasteiger partial charge in [0.2, 0.25) is 0 Å². The minimum absolute atomic E-state index is 0.127. The Morgan fingerprint density at radius 3 is 2.48 bits per heavy atom. The number of aryl methyl sites for hydroxylation is 1. The molecule has 118 valence electrons. The molecule has 0 amide bonds. The van der Waals surface area contributed by atoms with Gasteiger partial charge in [-0.3, -0.25) is 4.99 Å². The lowest BCUT2D eigenvalue weighted by Crippen LogP contribution is -2.43. The number of benzene rings is 1. The van der Waals surface area contributed by atoms with Crippen LogP contribution in [0, 0.1) is 0 Å². The van der Waals surface area contributed by atoms with Crippen molar-refractivity contribution in [2.75, 3.05) is 13.6 Å². The number of nitrogens with zero attached hydrogens (tertiary/aromatic N) is 1. The van der Waals surface area contributed by atoms with Crippen LogP contribution in [0.5, 0.6) is 0 Å². The highest BCUT2D eigenvalue weighted by Crippen LogP contribution is 2.18. The molecule has 0 saturated carbocycles. The summed E-state index contributed by atoms with van der Waals surface area (Å²) in [5.41, 5.74) is 1.24. The van der Waals surface area contributed by atoms with E-state index in [1.54, 1.807) is 7.05 Å². The first-order chi connectivity index (χ1) is 9.90. The summed E-state index contributed by atoms with van der Waals surface area (Å²) in [5, 5.41) is 5.77. The summed E-state index contributed by atoms with van der Waals surface area (Å²) >= 11 is 0. The molecule has 0 aliphatic heterocycles. The predicted molar refractivity (Wildman–Crippen MR) is 79.4 cm³/mol. The largest absolute Gasteiger partial charge is 0.390 e. The molecule has 0 spiro atoms. The van der Waals surface area contributed by atoms with Crippen molar-refractivity contribution in [1.82, 2.24) is 10.6 Å². The number of guanidine groups is 1. The molecule has 1 rings (SSSR count). The minimum Gasteiger partial charge on any atom is -0.356 e. The number of hydrogen-bond acceptors (Lipinski definition) is 1. The van der Waals surface area contributed by atoms with Crippen LogP contribution < -0.4 is 10.6 Å². The molecule has 0 saturated heterocycles. The van der Waals surface area contributed by atoms with Gasteiger partial charge in [0.25, 0.3) is 0 Å². The monoisotopic (exact) mass is 301 g/mol. The number of hydrogen-bond donors (Lipinski definition) is 2. The molecule has 6 heteroatoms. The van der Waals surface area contributed by atoms with E-state index in [1.165, 1.54) is 5.56 Å². The Balaban J connectivity index is 2.29. The van der Waals surface area contributed by atoms with E-state index in [0.717, 1.165) is 12.8 Å². The van der Waals surface area contributed by atoms with Crippen LogP contribution in [0.25, 0.3) is 0 Å². The van der Waals surface area contributed by atoms with Crippen molar-refractivity contribution in [3.8, 4) is 0 Å². The number of aliphatic imine (C=N–C) groups is 1. The van der Waals surface area contributed by atoms with Crippen LogP contribution in [0.4, 0.5) is 13.2 Å². The van der Waals surface area contributed by atoms with E-state index < -0.39 is 12.6 Å². The SMILES string of the molecule is CN=C(NCCC(F)(F)F)NC(C)CCc1ccccc1. The summed E-state index contributed by atoms with van der Waals surface area (Å²) < 4.78 is 36.2. The molecule has 2 N–H and O–H groups in total. The second-order valence-electron chi connectivity index (χ2n) is 4.93. The lowest BCUT2D eigenvalue weighted by molar-refractivity contribution is -0.132. The summed E-state index contributed by atoms with van der Waals surface area (Å²) in [6.07, 6.45) is -3.23. The fourth-order valence-electron chi connectivity index (χ4n) is 1.85. The van der Waals surface area contributed by atoms with E-state index in [-0.39, 0.29) is 12.6 Å². The van der Waals surface area contributed by atoms with Crippen LogP contribution in [-0.2, 0) is 6.42 Å². The van der Waals surface area contributed by atoms with Gasteiger partial charge in [-0.05, 0) is 25.3 Å². The standard InChI is InChI=1S/C15H22F3N3/c1-12(8-9-13-6-4-3-5-7-13)21-14(19-2)20-11-10-15(16,17)18/h3-7,12H,8-11H2,1-2H3,(H2,19,20,21). The van der Waals surface area contributed by atoms with Gasteiger partial charge in [-0.1, -0.05) is 30.3 Å². The van der Waals surface area contributed by atoms with E-state index in [0.29, 0.717) is 5.96 Å². The molecule has 1 aromatic carbocycles. The Bertz CT molecular complexity index is 430. The number of rotatable bonds is 6. The second kappa shape index (κ2) is 8.54. The Morgan fingerprint density at radius 1 is 1.24 bits per heavy atom. The summed E-state index contributed by atoms with van der Waals surface area (Å²) in [6.45, 7) is 1.81. The van der Waals surface area contributed by atoms with Crippen molar-refractivity contribution >= 4 is 5.96 Å². The molecule has 1 atom stereocenters. The zero-order chi connectivity index (χ0) is 15.7. The van der Waals surface area contributed by atoms with Crippen molar-refractivity contribution in [3.63, 3.8) is 0 Å². The first-order valence-electron chi connectivity index (χ1n) is 6.98. The van der Waals surface area contributed by atoms with Crippen LogP contribution in [0.1, 0.15) is 25.3 Å². The molecule has 21 heavy (non-hydrogen) atoms. The van der Waals surface area contributed by atoms with Crippen molar-refractivity contribution in [1.29, 1.82) is 0 Å². The summed E-state index contributed by atoms with van der Waals surface area (Å²) in [4.78, 5) is 3.93. The van der Waals surface area contributed by atoms with Crippen LogP contribution in [0.3, 0.4) is 0 Å². The molecule has 0 heterocycles. The Kier molecular flexibility index (Phi) is 7.05. The number of nitrogens with one attached hydrogen (secondary N) is 2. The van der Waals surface area contributed by atoms with Crippen LogP contribution in [0.15, 0.2) is 35.3 Å². The second-order valence-corrected chi connectivity index (χ2v) is 4.93. The lowest BCUT2D eigenvalue weighted by Gasteiger charge is -2.18. The Hall–Kier alpha value is -1.72. The molecule has 0 bridgehead atoms. The highest BCUT2D eigenvalue weighted by Gasteiger charge is 2.26. The highest BCUT2D eigenvalue weighted by atomic mass is 19.4. The first-order valence-corrected chi connectivity index (χ1v) is 6.98. The first kappa shape index (κ1) is 17.3. The smallest absolute Gasteiger partial charge is 0.356 e. The summed E-state index contributed by atoms with van der Waals surface area (Å²) in [5.74, 6) is 0.403. The zero-order valence-corrected chi connectivity index (χ0v) is 12.4. The van der Waals surface area contributed by atoms with E-state index in [9.17, 15) is 13.2 Å². The Labute approximate surface area is 123 Å². The zero-order valence-electron chi connectivity index (χ0n) is 12.4. The molecule has 1 unspecified atom stereocenters. The van der Waals surface area contributed by atoms with Gasteiger partial charge in [0.1, 0.15) is 0 Å². The molecule has 0 aliphatic rings. The molecule has 1 aromatic rings.